The van der Waals surface area contributed by atoms with Gasteiger partial charge in [0.2, 0.25) is 0 Å². The quantitative estimate of drug-likeness (QED) is 0.390. The van der Waals surface area contributed by atoms with Crippen LogP contribution < -0.4 is 16.8 Å². The van der Waals surface area contributed by atoms with E-state index in [-0.39, 0.29) is 5.96 Å². The molecule has 15 heavy (non-hydrogen) atoms. The van der Waals surface area contributed by atoms with Crippen LogP contribution in [0.2, 0.25) is 0 Å². The molecule has 5 N–H and O–H groups in total. The molecule has 0 amide bonds. The predicted molar refractivity (Wildman–Crippen MR) is 65.1 cm³/mol. The first-order valence-corrected chi connectivity index (χ1v) is 4.96. The lowest BCUT2D eigenvalue weighted by molar-refractivity contribution is 1.01. The molecule has 82 valence electrons. The molecule has 0 spiro atoms. The van der Waals surface area contributed by atoms with Crippen LogP contribution in [0.1, 0.15) is 11.1 Å². The van der Waals surface area contributed by atoms with Crippen molar-refractivity contribution in [2.75, 3.05) is 18.4 Å². The summed E-state index contributed by atoms with van der Waals surface area (Å²) in [5, 5.41) is 3.32. The zero-order valence-corrected chi connectivity index (χ0v) is 9.25. The predicted octanol–water partition coefficient (Wildman–Crippen LogP) is 0.989. The molecule has 0 heterocycles. The summed E-state index contributed by atoms with van der Waals surface area (Å²) in [5.41, 5.74) is 14.1. The topological polar surface area (TPSA) is 76.4 Å². The van der Waals surface area contributed by atoms with Crippen LogP contribution in [0, 0.1) is 13.8 Å². The molecule has 0 aliphatic heterocycles. The monoisotopic (exact) mass is 206 g/mol. The van der Waals surface area contributed by atoms with Gasteiger partial charge in [-0.1, -0.05) is 18.2 Å². The van der Waals surface area contributed by atoms with Gasteiger partial charge in [-0.05, 0) is 25.0 Å². The van der Waals surface area contributed by atoms with Gasteiger partial charge in [-0.3, -0.25) is 4.99 Å². The number of nitrogens with one attached hydrogen (secondary N) is 1. The van der Waals surface area contributed by atoms with E-state index in [2.05, 4.69) is 36.3 Å². The minimum Gasteiger partial charge on any atom is -0.383 e. The van der Waals surface area contributed by atoms with Crippen molar-refractivity contribution in [3.63, 3.8) is 0 Å². The molecule has 1 rings (SSSR count). The molecule has 1 aromatic rings. The summed E-state index contributed by atoms with van der Waals surface area (Å²) in [6.07, 6.45) is 0. The highest BCUT2D eigenvalue weighted by atomic mass is 15.0. The number of hydrogen-bond donors (Lipinski definition) is 3. The third kappa shape index (κ3) is 3.50. The average Bonchev–Trinajstić information content (AvgIpc) is 2.15. The van der Waals surface area contributed by atoms with Gasteiger partial charge in [0.05, 0.1) is 6.54 Å². The Morgan fingerprint density at radius 2 is 1.87 bits per heavy atom. The van der Waals surface area contributed by atoms with E-state index >= 15 is 0 Å². The molecule has 0 aliphatic carbocycles. The Labute approximate surface area is 90.4 Å². The van der Waals surface area contributed by atoms with Crippen molar-refractivity contribution in [3.05, 3.63) is 29.3 Å². The Bertz CT molecular complexity index is 333. The van der Waals surface area contributed by atoms with Crippen molar-refractivity contribution in [1.29, 1.82) is 0 Å². The molecule has 0 bridgehead atoms. The third-order valence-corrected chi connectivity index (χ3v) is 2.19. The Morgan fingerprint density at radius 1 is 1.27 bits per heavy atom. The Balaban J connectivity index is 2.54. The van der Waals surface area contributed by atoms with Crippen LogP contribution in [-0.2, 0) is 0 Å². The lowest BCUT2D eigenvalue weighted by atomic mass is 10.1. The van der Waals surface area contributed by atoms with Crippen LogP contribution in [0.3, 0.4) is 0 Å². The fraction of sp³-hybridized carbons (Fsp3) is 0.364. The second kappa shape index (κ2) is 5.24. The largest absolute Gasteiger partial charge is 0.383 e. The summed E-state index contributed by atoms with van der Waals surface area (Å²) in [6, 6.07) is 6.21. The standard InChI is InChI=1S/C11H18N4/c1-8-4-3-5-9(2)10(8)14-6-7-15-11(12)13/h3-5,14H,6-7H2,1-2H3,(H4,12,13,15). The number of rotatable bonds is 4. The summed E-state index contributed by atoms with van der Waals surface area (Å²) >= 11 is 0. The maximum Gasteiger partial charge on any atom is 0.185 e. The number of aryl methyl sites for hydroxylation is 2. The van der Waals surface area contributed by atoms with E-state index in [0.717, 1.165) is 6.54 Å². The molecule has 0 unspecified atom stereocenters. The summed E-state index contributed by atoms with van der Waals surface area (Å²) in [7, 11) is 0. The lowest BCUT2D eigenvalue weighted by Crippen LogP contribution is -2.24. The number of hydrogen-bond acceptors (Lipinski definition) is 2. The second-order valence-electron chi connectivity index (χ2n) is 3.50. The Hall–Kier alpha value is -1.71. The molecular formula is C11H18N4. The van der Waals surface area contributed by atoms with Crippen LogP contribution >= 0.6 is 0 Å². The van der Waals surface area contributed by atoms with Gasteiger partial charge in [0.15, 0.2) is 5.96 Å². The number of nitrogens with two attached hydrogens (primary N) is 2. The summed E-state index contributed by atoms with van der Waals surface area (Å²) < 4.78 is 0. The van der Waals surface area contributed by atoms with Crippen molar-refractivity contribution in [1.82, 2.24) is 0 Å². The van der Waals surface area contributed by atoms with E-state index in [4.69, 9.17) is 11.5 Å². The van der Waals surface area contributed by atoms with Gasteiger partial charge in [-0.25, -0.2) is 0 Å². The third-order valence-electron chi connectivity index (χ3n) is 2.19. The lowest BCUT2D eigenvalue weighted by Gasteiger charge is -2.11. The Kier molecular flexibility index (Phi) is 3.97. The molecule has 0 saturated heterocycles. The first-order chi connectivity index (χ1) is 7.11. The molecule has 0 atom stereocenters. The van der Waals surface area contributed by atoms with Gasteiger partial charge in [0.1, 0.15) is 0 Å². The SMILES string of the molecule is Cc1cccc(C)c1NCCN=C(N)N. The van der Waals surface area contributed by atoms with Gasteiger partial charge >= 0.3 is 0 Å². The number of guanidine groups is 1. The average molecular weight is 206 g/mol. The highest BCUT2D eigenvalue weighted by Gasteiger charge is 1.99. The summed E-state index contributed by atoms with van der Waals surface area (Å²) in [6.45, 7) is 5.49. The molecule has 4 nitrogen and oxygen atoms in total. The fourth-order valence-corrected chi connectivity index (χ4v) is 1.46. The first-order valence-electron chi connectivity index (χ1n) is 4.96. The van der Waals surface area contributed by atoms with Crippen molar-refractivity contribution >= 4 is 11.6 Å². The van der Waals surface area contributed by atoms with Crippen LogP contribution in [0.25, 0.3) is 0 Å². The van der Waals surface area contributed by atoms with Crippen LogP contribution in [0.5, 0.6) is 0 Å². The first kappa shape index (κ1) is 11.4. The normalized spacial score (nSPS) is 9.73. The molecule has 1 aromatic carbocycles. The van der Waals surface area contributed by atoms with E-state index in [9.17, 15) is 0 Å². The van der Waals surface area contributed by atoms with E-state index in [1.807, 2.05) is 6.07 Å². The van der Waals surface area contributed by atoms with Gasteiger partial charge in [-0.2, -0.15) is 0 Å². The highest BCUT2D eigenvalue weighted by Crippen LogP contribution is 2.18. The minimum atomic E-state index is 0.137. The van der Waals surface area contributed by atoms with E-state index in [0.29, 0.717) is 6.54 Å². The van der Waals surface area contributed by atoms with Crippen molar-refractivity contribution in [2.45, 2.75) is 13.8 Å². The number of para-hydroxylation sites is 1. The van der Waals surface area contributed by atoms with Crippen molar-refractivity contribution < 1.29 is 0 Å². The van der Waals surface area contributed by atoms with E-state index in [1.54, 1.807) is 0 Å². The maximum atomic E-state index is 5.23. The smallest absolute Gasteiger partial charge is 0.185 e. The van der Waals surface area contributed by atoms with Gasteiger partial charge in [0.25, 0.3) is 0 Å². The Morgan fingerprint density at radius 3 is 2.40 bits per heavy atom. The van der Waals surface area contributed by atoms with Gasteiger partial charge < -0.3 is 16.8 Å². The molecule has 0 radical (unpaired) electrons. The van der Waals surface area contributed by atoms with Crippen LogP contribution in [-0.4, -0.2) is 19.0 Å². The number of anilines is 1. The summed E-state index contributed by atoms with van der Waals surface area (Å²) in [5.74, 6) is 0.137. The minimum absolute atomic E-state index is 0.137. The molecule has 4 heteroatoms. The second-order valence-corrected chi connectivity index (χ2v) is 3.50. The molecule has 0 aliphatic rings. The van der Waals surface area contributed by atoms with Gasteiger partial charge in [0, 0.05) is 12.2 Å². The number of nitrogens with zero attached hydrogens (tertiary/aromatic N) is 1. The van der Waals surface area contributed by atoms with Crippen LogP contribution in [0.4, 0.5) is 5.69 Å². The van der Waals surface area contributed by atoms with E-state index < -0.39 is 0 Å². The number of benzene rings is 1. The zero-order chi connectivity index (χ0) is 11.3. The molecule has 0 fully saturated rings. The van der Waals surface area contributed by atoms with Crippen LogP contribution in [0.15, 0.2) is 23.2 Å². The van der Waals surface area contributed by atoms with Gasteiger partial charge in [-0.15, -0.1) is 0 Å². The maximum absolute atomic E-state index is 5.23. The number of aliphatic imine (C=N–C) groups is 1. The fourth-order valence-electron chi connectivity index (χ4n) is 1.46. The molecular weight excluding hydrogens is 188 g/mol. The molecule has 0 saturated carbocycles. The summed E-state index contributed by atoms with van der Waals surface area (Å²) in [4.78, 5) is 3.91. The van der Waals surface area contributed by atoms with E-state index in [1.165, 1.54) is 16.8 Å². The molecule has 0 aromatic heterocycles. The zero-order valence-electron chi connectivity index (χ0n) is 9.25. The van der Waals surface area contributed by atoms with Crippen molar-refractivity contribution in [3.8, 4) is 0 Å². The highest BCUT2D eigenvalue weighted by molar-refractivity contribution is 5.75. The van der Waals surface area contributed by atoms with Crippen molar-refractivity contribution in [2.24, 2.45) is 16.5 Å².